The van der Waals surface area contributed by atoms with Crippen LogP contribution in [0.15, 0.2) is 36.5 Å². The number of hydrogen-bond donors (Lipinski definition) is 1. The Hall–Kier alpha value is -1.65. The monoisotopic (exact) mass is 285 g/mol. The molecule has 112 valence electrons. The molecule has 0 bridgehead atoms. The standard InChI is InChI=1S/C17H23N3O/c1-3-21-17-9-14(10-17)19-12-16-11-18-13(2)20(16)15-7-5-4-6-8-15/h4-8,11,14,17,19H,3,9-10,12H2,1-2H3. The van der Waals surface area contributed by atoms with Gasteiger partial charge in [0.25, 0.3) is 0 Å². The van der Waals surface area contributed by atoms with Gasteiger partial charge in [0.15, 0.2) is 0 Å². The van der Waals surface area contributed by atoms with Gasteiger partial charge in [-0.15, -0.1) is 0 Å². The number of nitrogens with zero attached hydrogens (tertiary/aromatic N) is 2. The van der Waals surface area contributed by atoms with Crippen molar-refractivity contribution in [3.8, 4) is 5.69 Å². The summed E-state index contributed by atoms with van der Waals surface area (Å²) in [6.07, 6.45) is 4.65. The summed E-state index contributed by atoms with van der Waals surface area (Å²) in [6.45, 7) is 5.77. The minimum atomic E-state index is 0.452. The molecule has 1 saturated carbocycles. The van der Waals surface area contributed by atoms with E-state index >= 15 is 0 Å². The van der Waals surface area contributed by atoms with Gasteiger partial charge in [-0.3, -0.25) is 4.57 Å². The fraction of sp³-hybridized carbons (Fsp3) is 0.471. The summed E-state index contributed by atoms with van der Waals surface area (Å²) in [4.78, 5) is 4.46. The van der Waals surface area contributed by atoms with Crippen molar-refractivity contribution in [1.29, 1.82) is 0 Å². The predicted molar refractivity (Wildman–Crippen MR) is 83.6 cm³/mol. The van der Waals surface area contributed by atoms with Crippen LogP contribution in [-0.4, -0.2) is 28.3 Å². The number of rotatable bonds is 6. The number of imidazole rings is 1. The smallest absolute Gasteiger partial charge is 0.110 e. The lowest BCUT2D eigenvalue weighted by molar-refractivity contribution is -0.0103. The molecule has 1 heterocycles. The van der Waals surface area contributed by atoms with Gasteiger partial charge in [0.05, 0.1) is 18.0 Å². The first kappa shape index (κ1) is 14.3. The highest BCUT2D eigenvalue weighted by molar-refractivity contribution is 5.35. The molecule has 1 N–H and O–H groups in total. The Morgan fingerprint density at radius 2 is 2.05 bits per heavy atom. The zero-order chi connectivity index (χ0) is 14.7. The molecule has 1 aromatic heterocycles. The number of hydrogen-bond acceptors (Lipinski definition) is 3. The number of para-hydroxylation sites is 1. The van der Waals surface area contributed by atoms with E-state index in [0.29, 0.717) is 12.1 Å². The molecule has 3 rings (SSSR count). The Bertz CT molecular complexity index is 573. The first-order valence-electron chi connectivity index (χ1n) is 7.71. The summed E-state index contributed by atoms with van der Waals surface area (Å²) < 4.78 is 7.81. The average molecular weight is 285 g/mol. The molecule has 1 fully saturated rings. The van der Waals surface area contributed by atoms with Crippen LogP contribution in [0.4, 0.5) is 0 Å². The molecule has 2 aromatic rings. The number of aromatic nitrogens is 2. The van der Waals surface area contributed by atoms with E-state index < -0.39 is 0 Å². The Morgan fingerprint density at radius 3 is 2.76 bits per heavy atom. The maximum atomic E-state index is 5.60. The van der Waals surface area contributed by atoms with E-state index in [1.807, 2.05) is 19.2 Å². The topological polar surface area (TPSA) is 39.1 Å². The van der Waals surface area contributed by atoms with Crippen LogP contribution >= 0.6 is 0 Å². The second-order valence-electron chi connectivity index (χ2n) is 5.59. The molecule has 0 amide bonds. The van der Waals surface area contributed by atoms with Gasteiger partial charge in [0, 0.05) is 24.9 Å². The molecule has 4 nitrogen and oxygen atoms in total. The van der Waals surface area contributed by atoms with E-state index in [2.05, 4.69) is 46.1 Å². The zero-order valence-corrected chi connectivity index (χ0v) is 12.7. The van der Waals surface area contributed by atoms with Crippen LogP contribution in [0.2, 0.25) is 0 Å². The minimum Gasteiger partial charge on any atom is -0.378 e. The number of aryl methyl sites for hydroxylation is 1. The van der Waals surface area contributed by atoms with Crippen molar-refractivity contribution in [3.05, 3.63) is 48.0 Å². The third-order valence-electron chi connectivity index (χ3n) is 4.09. The van der Waals surface area contributed by atoms with Gasteiger partial charge < -0.3 is 10.1 Å². The Labute approximate surface area is 126 Å². The summed E-state index contributed by atoms with van der Waals surface area (Å²) in [5, 5.41) is 3.61. The maximum Gasteiger partial charge on any atom is 0.110 e. The van der Waals surface area contributed by atoms with E-state index in [1.54, 1.807) is 0 Å². The molecule has 0 spiro atoms. The van der Waals surface area contributed by atoms with Crippen LogP contribution in [0.5, 0.6) is 0 Å². The van der Waals surface area contributed by atoms with E-state index in [-0.39, 0.29) is 0 Å². The second kappa shape index (κ2) is 6.41. The largest absolute Gasteiger partial charge is 0.378 e. The normalized spacial score (nSPS) is 21.2. The third kappa shape index (κ3) is 3.17. The van der Waals surface area contributed by atoms with E-state index in [0.717, 1.165) is 31.8 Å². The molecule has 4 heteroatoms. The highest BCUT2D eigenvalue weighted by Gasteiger charge is 2.29. The quantitative estimate of drug-likeness (QED) is 0.887. The highest BCUT2D eigenvalue weighted by Crippen LogP contribution is 2.24. The molecule has 0 saturated heterocycles. The van der Waals surface area contributed by atoms with Crippen molar-refractivity contribution >= 4 is 0 Å². The number of benzene rings is 1. The van der Waals surface area contributed by atoms with Crippen LogP contribution in [0.3, 0.4) is 0 Å². The van der Waals surface area contributed by atoms with Crippen molar-refractivity contribution in [3.63, 3.8) is 0 Å². The second-order valence-corrected chi connectivity index (χ2v) is 5.59. The Kier molecular flexibility index (Phi) is 4.36. The lowest BCUT2D eigenvalue weighted by Crippen LogP contribution is -2.45. The van der Waals surface area contributed by atoms with Crippen LogP contribution in [0.25, 0.3) is 5.69 Å². The van der Waals surface area contributed by atoms with E-state index in [4.69, 9.17) is 4.74 Å². The fourth-order valence-electron chi connectivity index (χ4n) is 2.90. The van der Waals surface area contributed by atoms with Crippen LogP contribution in [0, 0.1) is 6.92 Å². The van der Waals surface area contributed by atoms with Crippen molar-refractivity contribution in [2.45, 2.75) is 45.4 Å². The molecular formula is C17H23N3O. The Morgan fingerprint density at radius 1 is 1.29 bits per heavy atom. The van der Waals surface area contributed by atoms with Gasteiger partial charge in [0.1, 0.15) is 5.82 Å². The van der Waals surface area contributed by atoms with Gasteiger partial charge >= 0.3 is 0 Å². The fourth-order valence-corrected chi connectivity index (χ4v) is 2.90. The molecule has 1 aliphatic carbocycles. The SMILES string of the molecule is CCOC1CC(NCc2cnc(C)n2-c2ccccc2)C1. The third-order valence-corrected chi connectivity index (χ3v) is 4.09. The van der Waals surface area contributed by atoms with Gasteiger partial charge in [-0.05, 0) is 38.8 Å². The summed E-state index contributed by atoms with van der Waals surface area (Å²) in [6, 6.07) is 11.0. The molecule has 0 unspecified atom stereocenters. The Balaban J connectivity index is 1.62. The van der Waals surface area contributed by atoms with Crippen molar-refractivity contribution in [2.24, 2.45) is 0 Å². The highest BCUT2D eigenvalue weighted by atomic mass is 16.5. The first-order valence-corrected chi connectivity index (χ1v) is 7.71. The first-order chi connectivity index (χ1) is 10.3. The average Bonchev–Trinajstić information content (AvgIpc) is 2.83. The van der Waals surface area contributed by atoms with E-state index in [1.165, 1.54) is 11.4 Å². The molecule has 21 heavy (non-hydrogen) atoms. The van der Waals surface area contributed by atoms with Crippen molar-refractivity contribution in [1.82, 2.24) is 14.9 Å². The van der Waals surface area contributed by atoms with Crippen LogP contribution in [0.1, 0.15) is 31.3 Å². The summed E-state index contributed by atoms with van der Waals surface area (Å²) in [5.41, 5.74) is 2.38. The van der Waals surface area contributed by atoms with Gasteiger partial charge in [-0.25, -0.2) is 4.98 Å². The zero-order valence-electron chi connectivity index (χ0n) is 12.7. The molecule has 0 aliphatic heterocycles. The minimum absolute atomic E-state index is 0.452. The predicted octanol–water partition coefficient (Wildman–Crippen LogP) is 2.84. The van der Waals surface area contributed by atoms with Gasteiger partial charge in [-0.1, -0.05) is 18.2 Å². The molecular weight excluding hydrogens is 262 g/mol. The maximum absolute atomic E-state index is 5.60. The van der Waals surface area contributed by atoms with Crippen LogP contribution in [-0.2, 0) is 11.3 Å². The molecule has 0 atom stereocenters. The van der Waals surface area contributed by atoms with Crippen LogP contribution < -0.4 is 5.32 Å². The lowest BCUT2D eigenvalue weighted by Gasteiger charge is -2.35. The number of nitrogens with one attached hydrogen (secondary N) is 1. The molecule has 0 radical (unpaired) electrons. The molecule has 1 aromatic carbocycles. The number of ether oxygens (including phenoxy) is 1. The summed E-state index contributed by atoms with van der Waals surface area (Å²) in [7, 11) is 0. The molecule has 1 aliphatic rings. The lowest BCUT2D eigenvalue weighted by atomic mass is 9.89. The summed E-state index contributed by atoms with van der Waals surface area (Å²) in [5.74, 6) is 1.03. The van der Waals surface area contributed by atoms with Crippen molar-refractivity contribution < 1.29 is 4.74 Å². The van der Waals surface area contributed by atoms with Gasteiger partial charge in [-0.2, -0.15) is 0 Å². The van der Waals surface area contributed by atoms with Crippen molar-refractivity contribution in [2.75, 3.05) is 6.61 Å². The van der Waals surface area contributed by atoms with Gasteiger partial charge in [0.2, 0.25) is 0 Å². The summed E-state index contributed by atoms with van der Waals surface area (Å²) >= 11 is 0. The van der Waals surface area contributed by atoms with E-state index in [9.17, 15) is 0 Å².